The number of amides is 3. The van der Waals surface area contributed by atoms with Gasteiger partial charge in [-0.05, 0) is 64.0 Å². The van der Waals surface area contributed by atoms with Crippen LogP contribution in [0, 0.1) is 9.39 Å². The van der Waals surface area contributed by atoms with Gasteiger partial charge in [0.15, 0.2) is 0 Å². The van der Waals surface area contributed by atoms with E-state index in [0.717, 1.165) is 14.0 Å². The summed E-state index contributed by atoms with van der Waals surface area (Å²) in [5.74, 6) is -0.0614. The molecule has 0 bridgehead atoms. The van der Waals surface area contributed by atoms with Crippen LogP contribution in [0.3, 0.4) is 0 Å². The largest absolute Gasteiger partial charge is 0.491 e. The van der Waals surface area contributed by atoms with Gasteiger partial charge >= 0.3 is 6.03 Å². The Labute approximate surface area is 243 Å². The van der Waals surface area contributed by atoms with Crippen molar-refractivity contribution in [2.24, 2.45) is 0 Å². The van der Waals surface area contributed by atoms with E-state index in [1.807, 2.05) is 52.9 Å². The maximum atomic E-state index is 14.7. The van der Waals surface area contributed by atoms with Gasteiger partial charge in [-0.3, -0.25) is 9.69 Å². The molecule has 9 nitrogen and oxygen atoms in total. The van der Waals surface area contributed by atoms with Gasteiger partial charge in [-0.25, -0.2) is 14.2 Å². The quantitative estimate of drug-likeness (QED) is 0.150. The number of benzene rings is 3. The van der Waals surface area contributed by atoms with Gasteiger partial charge in [0, 0.05) is 15.6 Å². The first kappa shape index (κ1) is 27.7. The summed E-state index contributed by atoms with van der Waals surface area (Å²) in [4.78, 5) is 35.7. The second-order valence-electron chi connectivity index (χ2n) is 9.32. The third-order valence-corrected chi connectivity index (χ3v) is 7.22. The number of nitrogens with zero attached hydrogens (tertiary/aromatic N) is 2. The molecule has 1 fully saturated rings. The van der Waals surface area contributed by atoms with Gasteiger partial charge in [-0.15, -0.1) is 0 Å². The molecule has 0 aliphatic carbocycles. The summed E-state index contributed by atoms with van der Waals surface area (Å²) in [6.07, 6.45) is 0.797. The molecule has 11 heteroatoms. The van der Waals surface area contributed by atoms with Crippen LogP contribution in [0.1, 0.15) is 29.0 Å². The third kappa shape index (κ3) is 6.01. The molecule has 4 N–H and O–H groups in total. The van der Waals surface area contributed by atoms with E-state index >= 15 is 0 Å². The predicted molar refractivity (Wildman–Crippen MR) is 153 cm³/mol. The number of imidazole rings is 1. The molecule has 0 saturated carbocycles. The Balaban J connectivity index is 1.42. The summed E-state index contributed by atoms with van der Waals surface area (Å²) >= 11 is 2.04. The molecule has 3 amide bonds. The average Bonchev–Trinajstić information content (AvgIpc) is 3.55. The number of aliphatic hydroxyl groups excluding tert-OH is 2. The van der Waals surface area contributed by atoms with Crippen LogP contribution in [0.4, 0.5) is 9.18 Å². The molecule has 1 aliphatic rings. The van der Waals surface area contributed by atoms with Crippen molar-refractivity contribution in [3.8, 4) is 17.0 Å². The van der Waals surface area contributed by atoms with Crippen molar-refractivity contribution in [2.45, 2.75) is 24.6 Å². The molecular weight excluding hydrogens is 630 g/mol. The van der Waals surface area contributed by atoms with Crippen LogP contribution >= 0.6 is 22.6 Å². The Morgan fingerprint density at radius 2 is 1.82 bits per heavy atom. The van der Waals surface area contributed by atoms with Crippen LogP contribution in [0.2, 0.25) is 0 Å². The lowest BCUT2D eigenvalue weighted by Crippen LogP contribution is -2.36. The molecule has 1 aromatic heterocycles. The molecule has 4 aromatic rings. The van der Waals surface area contributed by atoms with Crippen molar-refractivity contribution in [3.05, 3.63) is 105 Å². The van der Waals surface area contributed by atoms with Crippen LogP contribution in [0.25, 0.3) is 11.3 Å². The minimum atomic E-state index is -1.00. The first-order valence-electron chi connectivity index (χ1n) is 12.5. The number of aliphatic hydroxyl groups is 2. The second-order valence-corrected chi connectivity index (χ2v) is 10.6. The average molecular weight is 656 g/mol. The summed E-state index contributed by atoms with van der Waals surface area (Å²) in [6.45, 7) is -0.501. The van der Waals surface area contributed by atoms with E-state index < -0.39 is 42.6 Å². The predicted octanol–water partition coefficient (Wildman–Crippen LogP) is 4.13. The highest BCUT2D eigenvalue weighted by Gasteiger charge is 2.44. The van der Waals surface area contributed by atoms with E-state index in [1.165, 1.54) is 12.3 Å². The topological polar surface area (TPSA) is 128 Å². The highest BCUT2D eigenvalue weighted by molar-refractivity contribution is 14.1. The summed E-state index contributed by atoms with van der Waals surface area (Å²) in [5.41, 5.74) is 2.21. The van der Waals surface area contributed by atoms with E-state index in [4.69, 9.17) is 9.84 Å². The van der Waals surface area contributed by atoms with Crippen LogP contribution in [-0.4, -0.2) is 56.3 Å². The molecule has 2 heterocycles. The van der Waals surface area contributed by atoms with Gasteiger partial charge in [-0.2, -0.15) is 0 Å². The number of rotatable bonds is 10. The summed E-state index contributed by atoms with van der Waals surface area (Å²) in [7, 11) is 0. The first-order chi connectivity index (χ1) is 19.3. The number of carbonyl (C=O) groups excluding carboxylic acids is 2. The Hall–Kier alpha value is -3.81. The zero-order valence-corrected chi connectivity index (χ0v) is 23.3. The van der Waals surface area contributed by atoms with Gasteiger partial charge in [0.05, 0.1) is 18.5 Å². The SMILES string of the molecule is O=C1N[C@H](c2ccc(OC[C@@H](O)CO)cc2)C(=O)N1[C@@H](Cc1ccccc1)c1ncc(-c2ccc(I)cc2F)[nH]1. The van der Waals surface area contributed by atoms with E-state index in [0.29, 0.717) is 34.8 Å². The minimum absolute atomic E-state index is 0.0822. The zero-order valence-electron chi connectivity index (χ0n) is 21.1. The number of imide groups is 1. The van der Waals surface area contributed by atoms with E-state index in [9.17, 15) is 19.1 Å². The van der Waals surface area contributed by atoms with Crippen LogP contribution in [0.15, 0.2) is 79.0 Å². The number of nitrogens with one attached hydrogen (secondary N) is 2. The van der Waals surface area contributed by atoms with Crippen LogP contribution in [-0.2, 0) is 11.2 Å². The molecule has 1 aliphatic heterocycles. The third-order valence-electron chi connectivity index (χ3n) is 6.55. The number of aromatic amines is 1. The molecule has 206 valence electrons. The van der Waals surface area contributed by atoms with Gasteiger partial charge < -0.3 is 25.3 Å². The number of halogens is 2. The number of aromatic nitrogens is 2. The van der Waals surface area contributed by atoms with Crippen molar-refractivity contribution < 1.29 is 28.9 Å². The normalized spacial score (nSPS) is 16.6. The molecule has 5 rings (SSSR count). The summed E-state index contributed by atoms with van der Waals surface area (Å²) in [5, 5.41) is 21.2. The first-order valence-corrected chi connectivity index (χ1v) is 13.6. The number of ether oxygens (including phenoxy) is 1. The Morgan fingerprint density at radius 1 is 1.07 bits per heavy atom. The molecule has 0 spiro atoms. The number of urea groups is 1. The lowest BCUT2D eigenvalue weighted by Gasteiger charge is -2.24. The van der Waals surface area contributed by atoms with Gasteiger partial charge in [-0.1, -0.05) is 42.5 Å². The van der Waals surface area contributed by atoms with Crippen LogP contribution in [0.5, 0.6) is 5.75 Å². The summed E-state index contributed by atoms with van der Waals surface area (Å²) in [6, 6.07) is 18.6. The fourth-order valence-electron chi connectivity index (χ4n) is 4.51. The molecule has 0 radical (unpaired) electrons. The van der Waals surface area contributed by atoms with Gasteiger partial charge in [0.25, 0.3) is 5.91 Å². The highest BCUT2D eigenvalue weighted by Crippen LogP contribution is 2.33. The molecule has 1 saturated heterocycles. The van der Waals surface area contributed by atoms with E-state index in [-0.39, 0.29) is 6.61 Å². The van der Waals surface area contributed by atoms with Crippen molar-refractivity contribution in [1.82, 2.24) is 20.2 Å². The number of hydrogen-bond donors (Lipinski definition) is 4. The molecular formula is C29H26FIN4O5. The minimum Gasteiger partial charge on any atom is -0.491 e. The lowest BCUT2D eigenvalue weighted by molar-refractivity contribution is -0.129. The second kappa shape index (κ2) is 12.1. The van der Waals surface area contributed by atoms with Crippen molar-refractivity contribution in [1.29, 1.82) is 0 Å². The smallest absolute Gasteiger partial charge is 0.325 e. The van der Waals surface area contributed by atoms with Crippen molar-refractivity contribution in [3.63, 3.8) is 0 Å². The highest BCUT2D eigenvalue weighted by atomic mass is 127. The fraction of sp³-hybridized carbons (Fsp3) is 0.207. The fourth-order valence-corrected chi connectivity index (χ4v) is 4.97. The van der Waals surface area contributed by atoms with Gasteiger partial charge in [0.1, 0.15) is 42.2 Å². The van der Waals surface area contributed by atoms with Gasteiger partial charge in [0.2, 0.25) is 0 Å². The zero-order chi connectivity index (χ0) is 28.2. The number of hydrogen-bond acceptors (Lipinski definition) is 6. The van der Waals surface area contributed by atoms with E-state index in [1.54, 1.807) is 36.4 Å². The number of H-pyrrole nitrogens is 1. The molecule has 40 heavy (non-hydrogen) atoms. The maximum absolute atomic E-state index is 14.7. The molecule has 3 atom stereocenters. The lowest BCUT2D eigenvalue weighted by atomic mass is 10.0. The summed E-state index contributed by atoms with van der Waals surface area (Å²) < 4.78 is 20.9. The van der Waals surface area contributed by atoms with E-state index in [2.05, 4.69) is 15.3 Å². The molecule has 0 unspecified atom stereocenters. The Kier molecular flexibility index (Phi) is 8.43. The Morgan fingerprint density at radius 3 is 2.52 bits per heavy atom. The number of carbonyl (C=O) groups is 2. The standard InChI is InChI=1S/C29H26FIN4O5/c30-23-13-19(31)8-11-22(23)24-14-32-27(33-24)25(12-17-4-2-1-3-5-17)35-28(38)26(34-29(35)39)18-6-9-21(10-7-18)40-16-20(37)15-36/h1-11,13-14,20,25-26,36-37H,12,15-16H2,(H,32,33)(H,34,39)/t20-,25-,26+/m0/s1. The van der Waals surface area contributed by atoms with Crippen molar-refractivity contribution >= 4 is 34.5 Å². The van der Waals surface area contributed by atoms with Crippen LogP contribution < -0.4 is 10.1 Å². The monoisotopic (exact) mass is 656 g/mol. The van der Waals surface area contributed by atoms with Crippen molar-refractivity contribution in [2.75, 3.05) is 13.2 Å². The maximum Gasteiger partial charge on any atom is 0.325 e. The molecule has 3 aromatic carbocycles. The Bertz CT molecular complexity index is 1500.